The van der Waals surface area contributed by atoms with Gasteiger partial charge in [-0.25, -0.2) is 0 Å². The van der Waals surface area contributed by atoms with Crippen molar-refractivity contribution in [3.63, 3.8) is 0 Å². The minimum absolute atomic E-state index is 0.297. The highest BCUT2D eigenvalue weighted by atomic mass is 31.1. The van der Waals surface area contributed by atoms with Gasteiger partial charge in [-0.15, -0.1) is 0 Å². The van der Waals surface area contributed by atoms with Gasteiger partial charge in [0, 0.05) is 5.16 Å². The van der Waals surface area contributed by atoms with E-state index in [0.717, 1.165) is 12.2 Å². The van der Waals surface area contributed by atoms with Gasteiger partial charge in [0.15, 0.2) is 0 Å². The fourth-order valence-corrected chi connectivity index (χ4v) is 2.12. The van der Waals surface area contributed by atoms with E-state index >= 15 is 0 Å². The third kappa shape index (κ3) is 2.99. The van der Waals surface area contributed by atoms with Crippen molar-refractivity contribution in [2.24, 2.45) is 0 Å². The van der Waals surface area contributed by atoms with Crippen LogP contribution in [0.4, 0.5) is 0 Å². The number of para-hydroxylation sites is 1. The van der Waals surface area contributed by atoms with E-state index in [0.29, 0.717) is 5.16 Å². The predicted molar refractivity (Wildman–Crippen MR) is 64.3 cm³/mol. The Morgan fingerprint density at radius 1 is 1.21 bits per heavy atom. The third-order valence-corrected chi connectivity index (χ3v) is 5.21. The van der Waals surface area contributed by atoms with Gasteiger partial charge in [-0.1, -0.05) is 39.0 Å². The Balaban J connectivity index is 2.62. The maximum Gasteiger partial charge on any atom is 0.123 e. The highest BCUT2D eigenvalue weighted by Gasteiger charge is 2.25. The van der Waals surface area contributed by atoms with Crippen LogP contribution in [0.2, 0.25) is 0 Å². The van der Waals surface area contributed by atoms with Crippen LogP contribution in [-0.4, -0.2) is 11.8 Å². The van der Waals surface area contributed by atoms with E-state index in [1.807, 2.05) is 30.3 Å². The first kappa shape index (κ1) is 11.5. The van der Waals surface area contributed by atoms with E-state index in [2.05, 4.69) is 27.4 Å². The van der Waals surface area contributed by atoms with Gasteiger partial charge in [0.1, 0.15) is 5.75 Å². The van der Waals surface area contributed by atoms with Crippen molar-refractivity contribution in [1.29, 1.82) is 0 Å². The van der Waals surface area contributed by atoms with Crippen LogP contribution in [0.25, 0.3) is 0 Å². The maximum atomic E-state index is 5.93. The van der Waals surface area contributed by atoms with E-state index < -0.39 is 8.15 Å². The van der Waals surface area contributed by atoms with Crippen molar-refractivity contribution >= 4 is 8.15 Å². The van der Waals surface area contributed by atoms with Crippen molar-refractivity contribution < 1.29 is 4.52 Å². The topological polar surface area (TPSA) is 9.23 Å². The number of hydrogen-bond acceptors (Lipinski definition) is 1. The highest BCUT2D eigenvalue weighted by molar-refractivity contribution is 7.53. The number of rotatable bonds is 4. The van der Waals surface area contributed by atoms with Crippen LogP contribution in [0.1, 0.15) is 27.2 Å². The lowest BCUT2D eigenvalue weighted by Gasteiger charge is -2.30. The molecule has 0 saturated heterocycles. The molecular formula is C12H19OP. The summed E-state index contributed by atoms with van der Waals surface area (Å²) in [6.45, 7) is 8.95. The average Bonchev–Trinajstić information content (AvgIpc) is 2.19. The van der Waals surface area contributed by atoms with Gasteiger partial charge in [0.25, 0.3) is 0 Å². The quantitative estimate of drug-likeness (QED) is 0.674. The maximum absolute atomic E-state index is 5.93. The van der Waals surface area contributed by atoms with Crippen molar-refractivity contribution in [2.45, 2.75) is 32.3 Å². The van der Waals surface area contributed by atoms with Crippen LogP contribution >= 0.6 is 8.15 Å². The van der Waals surface area contributed by atoms with Crippen molar-refractivity contribution in [3.8, 4) is 5.75 Å². The van der Waals surface area contributed by atoms with Crippen molar-refractivity contribution in [3.05, 3.63) is 30.3 Å². The first-order chi connectivity index (χ1) is 6.56. The lowest BCUT2D eigenvalue weighted by atomic mass is 10.1. The molecule has 0 aliphatic heterocycles. The Bertz CT molecular complexity index is 269. The Hall–Kier alpha value is -0.550. The second-order valence-corrected chi connectivity index (χ2v) is 6.46. The zero-order valence-corrected chi connectivity index (χ0v) is 10.3. The summed E-state index contributed by atoms with van der Waals surface area (Å²) in [5.74, 6) is 0.989. The molecule has 78 valence electrons. The molecule has 0 aromatic heterocycles. The van der Waals surface area contributed by atoms with Crippen LogP contribution in [0.5, 0.6) is 5.75 Å². The van der Waals surface area contributed by atoms with E-state index in [1.54, 1.807) is 0 Å². The Labute approximate surface area is 88.3 Å². The lowest BCUT2D eigenvalue weighted by Crippen LogP contribution is -2.17. The van der Waals surface area contributed by atoms with Gasteiger partial charge in [-0.3, -0.25) is 0 Å². The molecule has 0 fully saturated rings. The Kier molecular flexibility index (Phi) is 3.95. The first-order valence-corrected chi connectivity index (χ1v) is 6.74. The third-order valence-electron chi connectivity index (χ3n) is 2.70. The standard InChI is InChI=1S/C12H19OP/c1-5-12(2,3)14(4)13-11-9-7-6-8-10-11/h6-10H,5H2,1-4H3. The average molecular weight is 210 g/mol. The van der Waals surface area contributed by atoms with E-state index in [-0.39, 0.29) is 0 Å². The first-order valence-electron chi connectivity index (χ1n) is 5.03. The predicted octanol–water partition coefficient (Wildman–Crippen LogP) is 4.28. The molecule has 1 atom stereocenters. The normalized spacial score (nSPS) is 13.7. The van der Waals surface area contributed by atoms with Crippen LogP contribution in [0, 0.1) is 0 Å². The highest BCUT2D eigenvalue weighted by Crippen LogP contribution is 2.48. The summed E-state index contributed by atoms with van der Waals surface area (Å²) in [6, 6.07) is 10.1. The van der Waals surface area contributed by atoms with E-state index in [9.17, 15) is 0 Å². The van der Waals surface area contributed by atoms with Crippen LogP contribution in [0.15, 0.2) is 30.3 Å². The SMILES string of the molecule is CCC(C)(C)P(C)Oc1ccccc1. The van der Waals surface area contributed by atoms with Gasteiger partial charge in [-0.05, 0) is 25.2 Å². The molecule has 2 heteroatoms. The molecule has 1 unspecified atom stereocenters. The summed E-state index contributed by atoms with van der Waals surface area (Å²) in [5.41, 5.74) is 0. The van der Waals surface area contributed by atoms with E-state index in [4.69, 9.17) is 4.52 Å². The molecule has 0 radical (unpaired) electrons. The van der Waals surface area contributed by atoms with Crippen LogP contribution in [-0.2, 0) is 0 Å². The zero-order valence-electron chi connectivity index (χ0n) is 9.45. The number of benzene rings is 1. The summed E-state index contributed by atoms with van der Waals surface area (Å²) >= 11 is 0. The second kappa shape index (κ2) is 4.79. The monoisotopic (exact) mass is 210 g/mol. The molecule has 0 amide bonds. The fourth-order valence-electron chi connectivity index (χ4n) is 0.986. The Morgan fingerprint density at radius 3 is 2.29 bits per heavy atom. The smallest absolute Gasteiger partial charge is 0.123 e. The van der Waals surface area contributed by atoms with E-state index in [1.165, 1.54) is 0 Å². The lowest BCUT2D eigenvalue weighted by molar-refractivity contribution is 0.553. The molecule has 0 aliphatic carbocycles. The molecule has 1 rings (SSSR count). The van der Waals surface area contributed by atoms with Gasteiger partial charge < -0.3 is 4.52 Å². The molecule has 0 heterocycles. The molecule has 1 aromatic carbocycles. The van der Waals surface area contributed by atoms with Crippen molar-refractivity contribution in [2.75, 3.05) is 6.66 Å². The minimum atomic E-state index is -0.400. The van der Waals surface area contributed by atoms with Gasteiger partial charge in [0.2, 0.25) is 0 Å². The molecular weight excluding hydrogens is 191 g/mol. The summed E-state index contributed by atoms with van der Waals surface area (Å²) in [7, 11) is -0.400. The van der Waals surface area contributed by atoms with Crippen molar-refractivity contribution in [1.82, 2.24) is 0 Å². The second-order valence-electron chi connectivity index (χ2n) is 4.07. The summed E-state index contributed by atoms with van der Waals surface area (Å²) in [5, 5.41) is 0.297. The van der Waals surface area contributed by atoms with Crippen LogP contribution in [0.3, 0.4) is 0 Å². The minimum Gasteiger partial charge on any atom is -0.474 e. The van der Waals surface area contributed by atoms with Gasteiger partial charge >= 0.3 is 0 Å². The summed E-state index contributed by atoms with van der Waals surface area (Å²) < 4.78 is 5.93. The molecule has 1 aromatic rings. The molecule has 1 nitrogen and oxygen atoms in total. The molecule has 14 heavy (non-hydrogen) atoms. The zero-order chi connectivity index (χ0) is 10.6. The summed E-state index contributed by atoms with van der Waals surface area (Å²) in [4.78, 5) is 0. The molecule has 0 bridgehead atoms. The molecule has 0 N–H and O–H groups in total. The largest absolute Gasteiger partial charge is 0.474 e. The molecule has 0 saturated carbocycles. The van der Waals surface area contributed by atoms with Crippen LogP contribution < -0.4 is 4.52 Å². The molecule has 0 spiro atoms. The Morgan fingerprint density at radius 2 is 1.79 bits per heavy atom. The van der Waals surface area contributed by atoms with Gasteiger partial charge in [-0.2, -0.15) is 0 Å². The fraction of sp³-hybridized carbons (Fsp3) is 0.500. The summed E-state index contributed by atoms with van der Waals surface area (Å²) in [6.07, 6.45) is 1.15. The number of hydrogen-bond donors (Lipinski definition) is 0. The molecule has 0 aliphatic rings. The van der Waals surface area contributed by atoms with Gasteiger partial charge in [0.05, 0.1) is 8.15 Å².